The molecule has 2 aliphatic carbocycles. The number of aldehydes is 1. The maximum Gasteiger partial charge on any atom is 0.146 e. The fourth-order valence-corrected chi connectivity index (χ4v) is 3.62. The first-order chi connectivity index (χ1) is 10.3. The highest BCUT2D eigenvalue weighted by molar-refractivity contribution is 5.93. The van der Waals surface area contributed by atoms with Crippen LogP contribution < -0.4 is 0 Å². The summed E-state index contributed by atoms with van der Waals surface area (Å²) in [6.45, 7) is 0.924. The van der Waals surface area contributed by atoms with E-state index >= 15 is 0 Å². The lowest BCUT2D eigenvalue weighted by molar-refractivity contribution is -0.131. The van der Waals surface area contributed by atoms with Gasteiger partial charge in [-0.3, -0.25) is 9.59 Å². The summed E-state index contributed by atoms with van der Waals surface area (Å²) >= 11 is 0. The Morgan fingerprint density at radius 2 is 1.95 bits per heavy atom. The Morgan fingerprint density at radius 3 is 2.71 bits per heavy atom. The van der Waals surface area contributed by atoms with Gasteiger partial charge in [0.05, 0.1) is 18.6 Å². The van der Waals surface area contributed by atoms with Crippen LogP contribution in [-0.4, -0.2) is 18.7 Å². The van der Waals surface area contributed by atoms with Crippen molar-refractivity contribution in [3.05, 3.63) is 47.0 Å². The number of hydrogen-bond donors (Lipinski definition) is 0. The van der Waals surface area contributed by atoms with Crippen LogP contribution >= 0.6 is 0 Å². The molecule has 0 amide bonds. The van der Waals surface area contributed by atoms with E-state index in [1.54, 1.807) is 0 Å². The summed E-state index contributed by atoms with van der Waals surface area (Å²) in [5.41, 5.74) is 2.49. The normalized spacial score (nSPS) is 25.0. The van der Waals surface area contributed by atoms with E-state index in [4.69, 9.17) is 4.74 Å². The van der Waals surface area contributed by atoms with E-state index in [2.05, 4.69) is 0 Å². The molecule has 1 aromatic carbocycles. The van der Waals surface area contributed by atoms with Gasteiger partial charge >= 0.3 is 0 Å². The molecule has 3 heteroatoms. The van der Waals surface area contributed by atoms with Gasteiger partial charge in [-0.2, -0.15) is 0 Å². The lowest BCUT2D eigenvalue weighted by Crippen LogP contribution is -2.38. The number of rotatable bonds is 5. The van der Waals surface area contributed by atoms with Gasteiger partial charge in [-0.25, -0.2) is 0 Å². The number of Topliss-reactive ketones (excluding diaryl/α,β-unsaturated/α-hetero) is 1. The lowest BCUT2D eigenvalue weighted by Gasteiger charge is -2.34. The Hall–Kier alpha value is -1.74. The molecule has 0 aromatic heterocycles. The highest BCUT2D eigenvalue weighted by atomic mass is 16.5. The summed E-state index contributed by atoms with van der Waals surface area (Å²) in [7, 11) is 0. The van der Waals surface area contributed by atoms with Gasteiger partial charge in [-0.05, 0) is 42.4 Å². The number of hydrogen-bond acceptors (Lipinski definition) is 3. The Morgan fingerprint density at radius 1 is 1.14 bits per heavy atom. The predicted octanol–water partition coefficient (Wildman–Crippen LogP) is 3.23. The van der Waals surface area contributed by atoms with E-state index in [0.717, 1.165) is 48.7 Å². The molecule has 110 valence electrons. The summed E-state index contributed by atoms with van der Waals surface area (Å²) < 4.78 is 5.86. The van der Waals surface area contributed by atoms with E-state index in [0.29, 0.717) is 19.6 Å². The SMILES string of the molecule is O=CC1=C2CCCC(=O)[C@@]2(COCc2ccccc2)CC1. The molecule has 3 nitrogen and oxygen atoms in total. The second kappa shape index (κ2) is 5.94. The molecule has 3 rings (SSSR count). The first-order valence-corrected chi connectivity index (χ1v) is 7.59. The van der Waals surface area contributed by atoms with Gasteiger partial charge in [-0.1, -0.05) is 30.3 Å². The third-order valence-corrected chi connectivity index (χ3v) is 4.75. The molecule has 0 bridgehead atoms. The quantitative estimate of drug-likeness (QED) is 0.780. The van der Waals surface area contributed by atoms with E-state index in [9.17, 15) is 9.59 Å². The highest BCUT2D eigenvalue weighted by Crippen LogP contribution is 2.49. The van der Waals surface area contributed by atoms with Crippen LogP contribution in [0.1, 0.15) is 37.7 Å². The fraction of sp³-hybridized carbons (Fsp3) is 0.444. The summed E-state index contributed by atoms with van der Waals surface area (Å²) in [4.78, 5) is 23.7. The smallest absolute Gasteiger partial charge is 0.146 e. The molecule has 0 unspecified atom stereocenters. The summed E-state index contributed by atoms with van der Waals surface area (Å²) in [6.07, 6.45) is 4.75. The second-order valence-electron chi connectivity index (χ2n) is 5.96. The van der Waals surface area contributed by atoms with Crippen molar-refractivity contribution in [2.24, 2.45) is 5.41 Å². The molecule has 1 aromatic rings. The Kier molecular flexibility index (Phi) is 4.02. The zero-order valence-electron chi connectivity index (χ0n) is 12.1. The van der Waals surface area contributed by atoms with Crippen LogP contribution in [0.15, 0.2) is 41.5 Å². The third-order valence-electron chi connectivity index (χ3n) is 4.75. The number of allylic oxidation sites excluding steroid dienone is 1. The molecule has 0 aliphatic heterocycles. The van der Waals surface area contributed by atoms with E-state index < -0.39 is 5.41 Å². The first-order valence-electron chi connectivity index (χ1n) is 7.59. The Bertz CT molecular complexity index is 573. The molecule has 21 heavy (non-hydrogen) atoms. The monoisotopic (exact) mass is 284 g/mol. The fourth-order valence-electron chi connectivity index (χ4n) is 3.62. The van der Waals surface area contributed by atoms with Gasteiger partial charge in [0.2, 0.25) is 0 Å². The van der Waals surface area contributed by atoms with Gasteiger partial charge in [0.25, 0.3) is 0 Å². The molecule has 0 radical (unpaired) electrons. The van der Waals surface area contributed by atoms with Crippen molar-refractivity contribution in [3.63, 3.8) is 0 Å². The van der Waals surface area contributed by atoms with E-state index in [1.165, 1.54) is 0 Å². The zero-order chi connectivity index (χ0) is 14.7. The van der Waals surface area contributed by atoms with Crippen molar-refractivity contribution in [1.82, 2.24) is 0 Å². The predicted molar refractivity (Wildman–Crippen MR) is 79.7 cm³/mol. The largest absolute Gasteiger partial charge is 0.375 e. The maximum absolute atomic E-state index is 12.5. The molecule has 0 spiro atoms. The van der Waals surface area contributed by atoms with Crippen LogP contribution in [0.25, 0.3) is 0 Å². The molecular weight excluding hydrogens is 264 g/mol. The van der Waals surface area contributed by atoms with Gasteiger partial charge in [0.15, 0.2) is 0 Å². The van der Waals surface area contributed by atoms with Crippen LogP contribution in [0.3, 0.4) is 0 Å². The first kappa shape index (κ1) is 14.2. The molecule has 0 saturated heterocycles. The third kappa shape index (κ3) is 2.58. The number of ketones is 1. The number of carbonyl (C=O) groups is 2. The van der Waals surface area contributed by atoms with Gasteiger partial charge in [0.1, 0.15) is 12.1 Å². The van der Waals surface area contributed by atoms with Crippen LogP contribution in [0.2, 0.25) is 0 Å². The topological polar surface area (TPSA) is 43.4 Å². The van der Waals surface area contributed by atoms with Gasteiger partial charge < -0.3 is 4.74 Å². The van der Waals surface area contributed by atoms with Crippen LogP contribution in [-0.2, 0) is 20.9 Å². The van der Waals surface area contributed by atoms with Crippen LogP contribution in [0.4, 0.5) is 0 Å². The number of fused-ring (bicyclic) bond motifs is 1. The molecular formula is C18H20O3. The minimum atomic E-state index is -0.511. The van der Waals surface area contributed by atoms with Crippen molar-refractivity contribution in [2.75, 3.05) is 6.61 Å². The van der Waals surface area contributed by atoms with Crippen molar-refractivity contribution >= 4 is 12.1 Å². The molecule has 1 atom stereocenters. The maximum atomic E-state index is 12.5. The lowest BCUT2D eigenvalue weighted by atomic mass is 9.70. The van der Waals surface area contributed by atoms with Gasteiger partial charge in [0, 0.05) is 6.42 Å². The van der Waals surface area contributed by atoms with Crippen molar-refractivity contribution in [1.29, 1.82) is 0 Å². The summed E-state index contributed by atoms with van der Waals surface area (Å²) in [6, 6.07) is 9.97. The van der Waals surface area contributed by atoms with Gasteiger partial charge in [-0.15, -0.1) is 0 Å². The standard InChI is InChI=1S/C18H20O3/c19-11-15-9-10-18(16(15)7-4-8-17(18)20)13-21-12-14-5-2-1-3-6-14/h1-3,5-6,11H,4,7-10,12-13H2/t18-/m1/s1. The number of ether oxygens (including phenoxy) is 1. The molecule has 1 fully saturated rings. The molecule has 2 aliphatic rings. The van der Waals surface area contributed by atoms with E-state index in [-0.39, 0.29) is 5.78 Å². The van der Waals surface area contributed by atoms with Crippen LogP contribution in [0.5, 0.6) is 0 Å². The summed E-state index contributed by atoms with van der Waals surface area (Å²) in [5, 5.41) is 0. The minimum Gasteiger partial charge on any atom is -0.375 e. The number of carbonyl (C=O) groups excluding carboxylic acids is 2. The molecule has 0 heterocycles. The zero-order valence-corrected chi connectivity index (χ0v) is 12.1. The average Bonchev–Trinajstić information content (AvgIpc) is 2.89. The molecule has 0 N–H and O–H groups in total. The number of benzene rings is 1. The Labute approximate surface area is 125 Å². The van der Waals surface area contributed by atoms with Crippen molar-refractivity contribution in [3.8, 4) is 0 Å². The summed E-state index contributed by atoms with van der Waals surface area (Å²) in [5.74, 6) is 0.258. The minimum absolute atomic E-state index is 0.258. The Balaban J connectivity index is 1.74. The molecule has 1 saturated carbocycles. The second-order valence-corrected chi connectivity index (χ2v) is 5.96. The highest BCUT2D eigenvalue weighted by Gasteiger charge is 2.48. The van der Waals surface area contributed by atoms with E-state index in [1.807, 2.05) is 30.3 Å². The average molecular weight is 284 g/mol. The van der Waals surface area contributed by atoms with Crippen molar-refractivity contribution in [2.45, 2.75) is 38.7 Å². The van der Waals surface area contributed by atoms with Crippen molar-refractivity contribution < 1.29 is 14.3 Å². The van der Waals surface area contributed by atoms with Crippen LogP contribution in [0, 0.1) is 5.41 Å².